The molecule has 8 heteroatoms. The van der Waals surface area contributed by atoms with Crippen LogP contribution in [0.3, 0.4) is 0 Å². The van der Waals surface area contributed by atoms with Gasteiger partial charge in [-0.1, -0.05) is 18.2 Å². The summed E-state index contributed by atoms with van der Waals surface area (Å²) in [6.07, 6.45) is -1.11. The van der Waals surface area contributed by atoms with Crippen LogP contribution in [-0.4, -0.2) is 30.4 Å². The molecule has 1 N–H and O–H groups in total. The van der Waals surface area contributed by atoms with E-state index < -0.39 is 23.8 Å². The molecule has 1 aliphatic heterocycles. The fraction of sp³-hybridized carbons (Fsp3) is 0.150. The number of anilines is 2. The molecule has 4 rings (SSSR count). The maximum Gasteiger partial charge on any atom is 0.349 e. The van der Waals surface area contributed by atoms with Gasteiger partial charge in [0.2, 0.25) is 5.91 Å². The average Bonchev–Trinajstić information content (AvgIpc) is 3.12. The zero-order chi connectivity index (χ0) is 19.8. The van der Waals surface area contributed by atoms with E-state index in [9.17, 15) is 18.8 Å². The molecule has 0 bridgehead atoms. The first-order valence-corrected chi connectivity index (χ1v) is 9.35. The highest BCUT2D eigenvalue weighted by atomic mass is 32.1. The minimum Gasteiger partial charge on any atom is -0.448 e. The summed E-state index contributed by atoms with van der Waals surface area (Å²) < 4.78 is 19.7. The van der Waals surface area contributed by atoms with Crippen molar-refractivity contribution in [1.82, 2.24) is 0 Å². The van der Waals surface area contributed by atoms with Crippen molar-refractivity contribution in [1.29, 1.82) is 0 Å². The molecule has 2 heterocycles. The molecule has 1 aliphatic rings. The molecule has 28 heavy (non-hydrogen) atoms. The van der Waals surface area contributed by atoms with Crippen molar-refractivity contribution in [3.05, 3.63) is 59.2 Å². The van der Waals surface area contributed by atoms with Gasteiger partial charge in [-0.15, -0.1) is 11.3 Å². The van der Waals surface area contributed by atoms with Gasteiger partial charge in [0, 0.05) is 10.1 Å². The van der Waals surface area contributed by atoms with Crippen molar-refractivity contribution in [2.45, 2.75) is 13.0 Å². The van der Waals surface area contributed by atoms with Crippen molar-refractivity contribution in [3.8, 4) is 0 Å². The molecule has 0 fully saturated rings. The van der Waals surface area contributed by atoms with Crippen molar-refractivity contribution in [2.24, 2.45) is 0 Å². The van der Waals surface area contributed by atoms with E-state index in [4.69, 9.17) is 4.74 Å². The predicted octanol–water partition coefficient (Wildman–Crippen LogP) is 3.57. The summed E-state index contributed by atoms with van der Waals surface area (Å²) in [6.45, 7) is 1.29. The summed E-state index contributed by atoms with van der Waals surface area (Å²) in [6, 6.07) is 12.9. The molecule has 1 aromatic heterocycles. The Morgan fingerprint density at radius 3 is 2.79 bits per heavy atom. The number of fused-ring (bicyclic) bond motifs is 2. The normalized spacial score (nSPS) is 14.4. The van der Waals surface area contributed by atoms with Crippen LogP contribution < -0.4 is 10.2 Å². The predicted molar refractivity (Wildman–Crippen MR) is 104 cm³/mol. The molecule has 142 valence electrons. The number of para-hydroxylation sites is 2. The number of ether oxygens (including phenoxy) is 1. The Morgan fingerprint density at radius 1 is 1.21 bits per heavy atom. The number of hydrogen-bond acceptors (Lipinski definition) is 5. The fourth-order valence-corrected chi connectivity index (χ4v) is 4.00. The smallest absolute Gasteiger partial charge is 0.349 e. The number of esters is 1. The molecular formula is C20H15FN2O4S. The number of hydrogen-bond donors (Lipinski definition) is 1. The largest absolute Gasteiger partial charge is 0.448 e. The molecule has 6 nitrogen and oxygen atoms in total. The zero-order valence-corrected chi connectivity index (χ0v) is 15.6. The average molecular weight is 398 g/mol. The van der Waals surface area contributed by atoms with Gasteiger partial charge in [0.1, 0.15) is 17.2 Å². The summed E-state index contributed by atoms with van der Waals surface area (Å²) in [7, 11) is 0. The monoisotopic (exact) mass is 398 g/mol. The topological polar surface area (TPSA) is 75.7 Å². The van der Waals surface area contributed by atoms with Crippen molar-refractivity contribution < 1.29 is 23.5 Å². The fourth-order valence-electron chi connectivity index (χ4n) is 3.04. The van der Waals surface area contributed by atoms with Crippen LogP contribution in [0.4, 0.5) is 15.8 Å². The highest BCUT2D eigenvalue weighted by Crippen LogP contribution is 2.31. The number of carbonyl (C=O) groups is 3. The lowest BCUT2D eigenvalue weighted by Crippen LogP contribution is -2.47. The molecular weight excluding hydrogens is 383 g/mol. The van der Waals surface area contributed by atoms with Gasteiger partial charge >= 0.3 is 5.97 Å². The van der Waals surface area contributed by atoms with Gasteiger partial charge in [-0.05, 0) is 37.3 Å². The van der Waals surface area contributed by atoms with Crippen molar-refractivity contribution in [3.63, 3.8) is 0 Å². The minimum atomic E-state index is -1.11. The Balaban J connectivity index is 1.53. The summed E-state index contributed by atoms with van der Waals surface area (Å²) in [5.41, 5.74) is 1.06. The molecule has 2 aromatic carbocycles. The molecule has 0 spiro atoms. The van der Waals surface area contributed by atoms with Crippen LogP contribution in [0.15, 0.2) is 48.5 Å². The second-order valence-electron chi connectivity index (χ2n) is 6.30. The van der Waals surface area contributed by atoms with Crippen LogP contribution in [0.25, 0.3) is 10.1 Å². The number of rotatable bonds is 3. The second-order valence-corrected chi connectivity index (χ2v) is 7.38. The highest BCUT2D eigenvalue weighted by Gasteiger charge is 2.31. The van der Waals surface area contributed by atoms with E-state index in [0.717, 1.165) is 11.3 Å². The summed E-state index contributed by atoms with van der Waals surface area (Å²) in [4.78, 5) is 38.6. The van der Waals surface area contributed by atoms with Gasteiger partial charge in [-0.3, -0.25) is 14.5 Å². The number of nitrogens with one attached hydrogen (secondary N) is 1. The maximum atomic E-state index is 13.8. The number of halogens is 1. The number of nitrogens with zero attached hydrogens (tertiary/aromatic N) is 1. The third-order valence-electron chi connectivity index (χ3n) is 4.38. The van der Waals surface area contributed by atoms with E-state index in [1.165, 1.54) is 24.0 Å². The Morgan fingerprint density at radius 2 is 2.00 bits per heavy atom. The summed E-state index contributed by atoms with van der Waals surface area (Å²) in [5.74, 6) is -1.97. The van der Waals surface area contributed by atoms with Crippen LogP contribution >= 0.6 is 11.3 Å². The number of amides is 2. The Labute approximate surface area is 163 Å². The van der Waals surface area contributed by atoms with E-state index >= 15 is 0 Å². The Bertz CT molecular complexity index is 1110. The molecule has 1 atom stereocenters. The quantitative estimate of drug-likeness (QED) is 0.685. The third-order valence-corrected chi connectivity index (χ3v) is 5.46. The van der Waals surface area contributed by atoms with E-state index in [2.05, 4.69) is 5.32 Å². The standard InChI is InChI=1S/C20H15FN2O4S/c1-11(19(25)23-10-18(24)22-14-6-2-3-7-15(14)23)27-20(26)17-9-12-13(21)5-4-8-16(12)28-17/h2-9,11H,10H2,1H3,(H,22,24)/t11-/m0/s1. The summed E-state index contributed by atoms with van der Waals surface area (Å²) >= 11 is 1.09. The van der Waals surface area contributed by atoms with E-state index in [1.54, 1.807) is 36.4 Å². The van der Waals surface area contributed by atoms with Gasteiger partial charge in [-0.25, -0.2) is 9.18 Å². The first kappa shape index (κ1) is 18.1. The molecule has 0 saturated heterocycles. The number of benzene rings is 2. The van der Waals surface area contributed by atoms with E-state index in [-0.39, 0.29) is 17.3 Å². The minimum absolute atomic E-state index is 0.161. The Kier molecular flexibility index (Phi) is 4.56. The second kappa shape index (κ2) is 7.05. The van der Waals surface area contributed by atoms with Gasteiger partial charge in [0.05, 0.1) is 11.4 Å². The van der Waals surface area contributed by atoms with E-state index in [0.29, 0.717) is 21.5 Å². The van der Waals surface area contributed by atoms with Gasteiger partial charge < -0.3 is 10.1 Å². The SMILES string of the molecule is C[C@H](OC(=O)c1cc2c(F)cccc2s1)C(=O)N1CC(=O)Nc2ccccc21. The highest BCUT2D eigenvalue weighted by molar-refractivity contribution is 7.20. The molecule has 2 amide bonds. The van der Waals surface area contributed by atoms with Crippen LogP contribution in [0, 0.1) is 5.82 Å². The molecule has 0 unspecified atom stereocenters. The van der Waals surface area contributed by atoms with Crippen molar-refractivity contribution in [2.75, 3.05) is 16.8 Å². The lowest BCUT2D eigenvalue weighted by atomic mass is 10.1. The van der Waals surface area contributed by atoms with Gasteiger partial charge in [0.15, 0.2) is 6.10 Å². The Hall–Kier alpha value is -3.26. The van der Waals surface area contributed by atoms with E-state index in [1.807, 2.05) is 0 Å². The third kappa shape index (κ3) is 3.22. The lowest BCUT2D eigenvalue weighted by molar-refractivity contribution is -0.128. The maximum absolute atomic E-state index is 13.8. The van der Waals surface area contributed by atoms with Gasteiger partial charge in [0.25, 0.3) is 5.91 Å². The number of carbonyl (C=O) groups excluding carboxylic acids is 3. The van der Waals surface area contributed by atoms with Crippen LogP contribution in [-0.2, 0) is 14.3 Å². The lowest BCUT2D eigenvalue weighted by Gasteiger charge is -2.30. The van der Waals surface area contributed by atoms with Gasteiger partial charge in [-0.2, -0.15) is 0 Å². The van der Waals surface area contributed by atoms with Crippen LogP contribution in [0.1, 0.15) is 16.6 Å². The van der Waals surface area contributed by atoms with Crippen molar-refractivity contribution >= 4 is 50.6 Å². The molecule has 3 aromatic rings. The summed E-state index contributed by atoms with van der Waals surface area (Å²) in [5, 5.41) is 3.03. The zero-order valence-electron chi connectivity index (χ0n) is 14.8. The number of thiophene rings is 1. The molecule has 0 aliphatic carbocycles. The molecule has 0 saturated carbocycles. The first-order valence-electron chi connectivity index (χ1n) is 8.53. The van der Waals surface area contributed by atoms with Crippen LogP contribution in [0.5, 0.6) is 0 Å². The molecule has 0 radical (unpaired) electrons. The van der Waals surface area contributed by atoms with Crippen LogP contribution in [0.2, 0.25) is 0 Å². The first-order chi connectivity index (χ1) is 13.4.